The van der Waals surface area contributed by atoms with Gasteiger partial charge in [-0.1, -0.05) is 32.6 Å². The molecule has 0 radical (unpaired) electrons. The number of anilines is 1. The van der Waals surface area contributed by atoms with Crippen molar-refractivity contribution >= 4 is 32.5 Å². The van der Waals surface area contributed by atoms with Crippen molar-refractivity contribution in [2.75, 3.05) is 5.32 Å². The Balaban J connectivity index is 1.92. The second kappa shape index (κ2) is 5.41. The molecule has 0 aliphatic heterocycles. The van der Waals surface area contributed by atoms with Gasteiger partial charge in [-0.2, -0.15) is 0 Å². The van der Waals surface area contributed by atoms with Crippen LogP contribution in [0, 0.1) is 0 Å². The van der Waals surface area contributed by atoms with Crippen LogP contribution in [-0.4, -0.2) is 15.6 Å². The summed E-state index contributed by atoms with van der Waals surface area (Å²) in [6.45, 7) is 2.15. The summed E-state index contributed by atoms with van der Waals surface area (Å²) in [6, 6.07) is 8.77. The number of halogens is 1. The summed E-state index contributed by atoms with van der Waals surface area (Å²) in [6.07, 6.45) is 2.74. The number of nitrogens with one attached hydrogen (secondary N) is 1. The topological polar surface area (TPSA) is 37.8 Å². The fourth-order valence-electron chi connectivity index (χ4n) is 1.50. The Labute approximate surface area is 107 Å². The number of hydrogen-bond donors (Lipinski definition) is 1. The smallest absolute Gasteiger partial charge is 0.130 e. The van der Waals surface area contributed by atoms with E-state index in [1.807, 2.05) is 0 Å². The normalized spacial score (nSPS) is 12.4. The summed E-state index contributed by atoms with van der Waals surface area (Å²) >= 11 is 4.81. The summed E-state index contributed by atoms with van der Waals surface area (Å²) in [7, 11) is 0. The first kappa shape index (κ1) is 11.5. The summed E-state index contributed by atoms with van der Waals surface area (Å²) in [4.78, 5) is 0. The van der Waals surface area contributed by atoms with Crippen molar-refractivity contribution in [1.82, 2.24) is 9.59 Å². The van der Waals surface area contributed by atoms with Gasteiger partial charge in [-0.25, -0.2) is 0 Å². The van der Waals surface area contributed by atoms with Crippen molar-refractivity contribution in [1.29, 1.82) is 0 Å². The van der Waals surface area contributed by atoms with Crippen LogP contribution in [0.3, 0.4) is 0 Å². The monoisotopic (exact) mass is 297 g/mol. The molecule has 0 aliphatic rings. The van der Waals surface area contributed by atoms with Crippen LogP contribution in [0.5, 0.6) is 0 Å². The summed E-state index contributed by atoms with van der Waals surface area (Å²) in [5.41, 5.74) is 1.32. The third-order valence-electron chi connectivity index (χ3n) is 2.21. The fourth-order valence-corrected chi connectivity index (χ4v) is 2.29. The lowest BCUT2D eigenvalue weighted by Crippen LogP contribution is -2.17. The molecule has 0 saturated carbocycles. The number of nitrogens with zero attached hydrogens (tertiary/aromatic N) is 2. The van der Waals surface area contributed by atoms with Crippen LogP contribution in [0.15, 0.2) is 34.9 Å². The maximum atomic E-state index is 3.82. The van der Waals surface area contributed by atoms with Crippen LogP contribution in [0.25, 0.3) is 0 Å². The third kappa shape index (κ3) is 3.28. The van der Waals surface area contributed by atoms with Gasteiger partial charge in [-0.3, -0.25) is 0 Å². The van der Waals surface area contributed by atoms with Crippen LogP contribution in [0.4, 0.5) is 5.00 Å². The Morgan fingerprint density at radius 2 is 2.12 bits per heavy atom. The van der Waals surface area contributed by atoms with Gasteiger partial charge in [0, 0.05) is 22.0 Å². The Hall–Kier alpha value is -0.940. The molecule has 3 nitrogen and oxygen atoms in total. The zero-order valence-corrected chi connectivity index (χ0v) is 11.3. The van der Waals surface area contributed by atoms with E-state index >= 15 is 0 Å². The van der Waals surface area contributed by atoms with Crippen molar-refractivity contribution in [3.63, 3.8) is 0 Å². The van der Waals surface area contributed by atoms with E-state index in [0.717, 1.165) is 15.9 Å². The summed E-state index contributed by atoms with van der Waals surface area (Å²) in [5.74, 6) is 0. The molecule has 1 aromatic heterocycles. The molecule has 1 N–H and O–H groups in total. The molecular weight excluding hydrogens is 286 g/mol. The molecule has 0 fully saturated rings. The van der Waals surface area contributed by atoms with Gasteiger partial charge in [0.25, 0.3) is 0 Å². The average molecular weight is 298 g/mol. The second-order valence-corrected chi connectivity index (χ2v) is 5.36. The van der Waals surface area contributed by atoms with Crippen LogP contribution < -0.4 is 5.32 Å². The van der Waals surface area contributed by atoms with Crippen molar-refractivity contribution in [2.45, 2.75) is 19.4 Å². The molecular formula is C11H12BrN3S. The van der Waals surface area contributed by atoms with E-state index in [-0.39, 0.29) is 0 Å². The zero-order valence-electron chi connectivity index (χ0n) is 8.85. The largest absolute Gasteiger partial charge is 0.372 e. The van der Waals surface area contributed by atoms with Crippen LogP contribution in [0.2, 0.25) is 0 Å². The highest BCUT2D eigenvalue weighted by Crippen LogP contribution is 2.15. The van der Waals surface area contributed by atoms with Crippen LogP contribution in [0.1, 0.15) is 12.5 Å². The molecule has 2 rings (SSSR count). The van der Waals surface area contributed by atoms with Crippen LogP contribution >= 0.6 is 27.5 Å². The zero-order chi connectivity index (χ0) is 11.4. The number of rotatable bonds is 4. The molecule has 0 spiro atoms. The van der Waals surface area contributed by atoms with Gasteiger partial charge in [-0.15, -0.1) is 5.10 Å². The van der Waals surface area contributed by atoms with Gasteiger partial charge in [-0.05, 0) is 31.0 Å². The molecule has 1 unspecified atom stereocenters. The molecule has 0 bridgehead atoms. The summed E-state index contributed by atoms with van der Waals surface area (Å²) in [5, 5.41) is 8.18. The Morgan fingerprint density at radius 3 is 2.75 bits per heavy atom. The minimum atomic E-state index is 0.378. The molecule has 2 aromatic rings. The maximum absolute atomic E-state index is 3.82. The highest BCUT2D eigenvalue weighted by Gasteiger charge is 2.04. The first-order chi connectivity index (χ1) is 7.74. The number of aromatic nitrogens is 2. The molecule has 1 atom stereocenters. The molecule has 5 heteroatoms. The minimum Gasteiger partial charge on any atom is -0.372 e. The van der Waals surface area contributed by atoms with E-state index in [9.17, 15) is 0 Å². The van der Waals surface area contributed by atoms with Gasteiger partial charge in [0.15, 0.2) is 0 Å². The Bertz CT molecular complexity index is 427. The first-order valence-corrected chi connectivity index (χ1v) is 6.59. The average Bonchev–Trinajstić information content (AvgIpc) is 2.74. The van der Waals surface area contributed by atoms with Gasteiger partial charge >= 0.3 is 0 Å². The highest BCUT2D eigenvalue weighted by atomic mass is 79.9. The Kier molecular flexibility index (Phi) is 3.90. The molecule has 1 heterocycles. The highest BCUT2D eigenvalue weighted by molar-refractivity contribution is 9.10. The minimum absolute atomic E-state index is 0.378. The third-order valence-corrected chi connectivity index (χ3v) is 3.33. The number of hydrogen-bond acceptors (Lipinski definition) is 4. The second-order valence-electron chi connectivity index (χ2n) is 3.66. The van der Waals surface area contributed by atoms with E-state index in [1.54, 1.807) is 6.20 Å². The number of benzene rings is 1. The van der Waals surface area contributed by atoms with E-state index in [2.05, 4.69) is 62.0 Å². The van der Waals surface area contributed by atoms with Crippen LogP contribution in [-0.2, 0) is 6.42 Å². The molecule has 0 saturated heterocycles. The van der Waals surface area contributed by atoms with Crippen molar-refractivity contribution in [3.8, 4) is 0 Å². The standard InChI is InChI=1S/C11H12BrN3S/c1-8(14-11-7-13-15-16-11)6-9-2-4-10(12)5-3-9/h2-5,7-8,14H,6H2,1H3. The SMILES string of the molecule is CC(Cc1ccc(Br)cc1)Nc1cnns1. The Morgan fingerprint density at radius 1 is 1.38 bits per heavy atom. The molecule has 1 aromatic carbocycles. The lowest BCUT2D eigenvalue weighted by molar-refractivity contribution is 0.792. The van der Waals surface area contributed by atoms with E-state index < -0.39 is 0 Å². The maximum Gasteiger partial charge on any atom is 0.130 e. The van der Waals surface area contributed by atoms with E-state index in [1.165, 1.54) is 17.1 Å². The van der Waals surface area contributed by atoms with Gasteiger partial charge < -0.3 is 5.32 Å². The summed E-state index contributed by atoms with van der Waals surface area (Å²) < 4.78 is 4.93. The van der Waals surface area contributed by atoms with Gasteiger partial charge in [0.2, 0.25) is 0 Å². The molecule has 16 heavy (non-hydrogen) atoms. The lowest BCUT2D eigenvalue weighted by atomic mass is 10.1. The predicted octanol–water partition coefficient (Wildman–Crippen LogP) is 3.34. The van der Waals surface area contributed by atoms with Gasteiger partial charge in [0.1, 0.15) is 5.00 Å². The molecule has 0 aliphatic carbocycles. The molecule has 84 valence electrons. The molecule has 0 amide bonds. The van der Waals surface area contributed by atoms with Crippen molar-refractivity contribution in [2.24, 2.45) is 0 Å². The lowest BCUT2D eigenvalue weighted by Gasteiger charge is -2.12. The van der Waals surface area contributed by atoms with Crippen molar-refractivity contribution < 1.29 is 0 Å². The van der Waals surface area contributed by atoms with Gasteiger partial charge in [0.05, 0.1) is 6.20 Å². The van der Waals surface area contributed by atoms with E-state index in [0.29, 0.717) is 6.04 Å². The quantitative estimate of drug-likeness (QED) is 0.940. The fraction of sp³-hybridized carbons (Fsp3) is 0.273. The first-order valence-electron chi connectivity index (χ1n) is 5.02. The van der Waals surface area contributed by atoms with Crippen molar-refractivity contribution in [3.05, 3.63) is 40.5 Å². The van der Waals surface area contributed by atoms with E-state index in [4.69, 9.17) is 0 Å². The predicted molar refractivity (Wildman–Crippen MR) is 70.8 cm³/mol.